The third-order valence-corrected chi connectivity index (χ3v) is 3.92. The van der Waals surface area contributed by atoms with Gasteiger partial charge in [0.25, 0.3) is 0 Å². The first-order chi connectivity index (χ1) is 9.24. The zero-order valence-corrected chi connectivity index (χ0v) is 12.0. The Labute approximate surface area is 120 Å². The molecular formula is C15H15BrN2O. The lowest BCUT2D eigenvalue weighted by Crippen LogP contribution is -2.31. The van der Waals surface area contributed by atoms with Gasteiger partial charge in [-0.05, 0) is 40.0 Å². The second kappa shape index (κ2) is 5.31. The van der Waals surface area contributed by atoms with Gasteiger partial charge >= 0.3 is 0 Å². The zero-order chi connectivity index (χ0) is 13.2. The van der Waals surface area contributed by atoms with Crippen LogP contribution < -0.4 is 10.5 Å². The minimum Gasteiger partial charge on any atom is -0.493 e. The quantitative estimate of drug-likeness (QED) is 0.946. The van der Waals surface area contributed by atoms with Gasteiger partial charge in [0.1, 0.15) is 5.75 Å². The van der Waals surface area contributed by atoms with Crippen molar-refractivity contribution in [1.82, 2.24) is 4.98 Å². The second-order valence-electron chi connectivity index (χ2n) is 4.83. The van der Waals surface area contributed by atoms with Crippen LogP contribution in [0.3, 0.4) is 0 Å². The maximum atomic E-state index is 6.35. The Kier molecular flexibility index (Phi) is 3.53. The number of pyridine rings is 1. The number of nitrogens with two attached hydrogens (primary N) is 1. The number of nitrogens with zero attached hydrogens (tertiary/aromatic N) is 1. The summed E-state index contributed by atoms with van der Waals surface area (Å²) < 4.78 is 6.68. The molecule has 0 saturated heterocycles. The molecule has 1 aromatic carbocycles. The summed E-state index contributed by atoms with van der Waals surface area (Å²) in [6.07, 6.45) is 4.45. The van der Waals surface area contributed by atoms with Crippen molar-refractivity contribution in [2.75, 3.05) is 6.61 Å². The molecule has 3 rings (SSSR count). The molecule has 0 amide bonds. The van der Waals surface area contributed by atoms with Gasteiger partial charge in [0.05, 0.1) is 6.61 Å². The van der Waals surface area contributed by atoms with E-state index in [0.29, 0.717) is 6.61 Å². The Morgan fingerprint density at radius 2 is 2.21 bits per heavy atom. The number of halogens is 1. The Morgan fingerprint density at radius 1 is 1.37 bits per heavy atom. The molecule has 1 aliphatic rings. The smallest absolute Gasteiger partial charge is 0.122 e. The maximum Gasteiger partial charge on any atom is 0.122 e. The molecule has 4 heteroatoms. The standard InChI is InChI=1S/C15H15BrN2O/c16-11-5-10(7-18-8-11)6-14(17)13-9-19-15-4-2-1-3-12(13)15/h1-5,7-8,13-14H,6,9,17H2. The van der Waals surface area contributed by atoms with Crippen LogP contribution in [0.4, 0.5) is 0 Å². The Hall–Kier alpha value is -1.39. The number of benzene rings is 1. The van der Waals surface area contributed by atoms with Gasteiger partial charge in [0.2, 0.25) is 0 Å². The highest BCUT2D eigenvalue weighted by molar-refractivity contribution is 9.10. The first kappa shape index (κ1) is 12.6. The molecular weight excluding hydrogens is 304 g/mol. The fourth-order valence-electron chi connectivity index (χ4n) is 2.52. The normalized spacial score (nSPS) is 18.7. The van der Waals surface area contributed by atoms with E-state index in [0.717, 1.165) is 22.2 Å². The van der Waals surface area contributed by atoms with E-state index in [1.54, 1.807) is 6.20 Å². The molecule has 19 heavy (non-hydrogen) atoms. The number of rotatable bonds is 3. The predicted octanol–water partition coefficient (Wildman–Crippen LogP) is 2.89. The highest BCUT2D eigenvalue weighted by atomic mass is 79.9. The third-order valence-electron chi connectivity index (χ3n) is 3.49. The highest BCUT2D eigenvalue weighted by Crippen LogP contribution is 2.35. The predicted molar refractivity (Wildman–Crippen MR) is 78.3 cm³/mol. The van der Waals surface area contributed by atoms with Crippen molar-refractivity contribution in [2.24, 2.45) is 5.73 Å². The van der Waals surface area contributed by atoms with Crippen LogP contribution in [0.1, 0.15) is 17.0 Å². The first-order valence-electron chi connectivity index (χ1n) is 6.31. The molecule has 0 spiro atoms. The molecule has 98 valence electrons. The summed E-state index contributed by atoms with van der Waals surface area (Å²) in [7, 11) is 0. The minimum atomic E-state index is 0.0414. The van der Waals surface area contributed by atoms with Crippen LogP contribution in [0.5, 0.6) is 5.75 Å². The first-order valence-corrected chi connectivity index (χ1v) is 7.10. The van der Waals surface area contributed by atoms with Crippen molar-refractivity contribution in [3.8, 4) is 5.75 Å². The lowest BCUT2D eigenvalue weighted by Gasteiger charge is -2.18. The molecule has 2 heterocycles. The van der Waals surface area contributed by atoms with Crippen LogP contribution >= 0.6 is 15.9 Å². The largest absolute Gasteiger partial charge is 0.493 e. The van der Waals surface area contributed by atoms with E-state index >= 15 is 0 Å². The van der Waals surface area contributed by atoms with Crippen LogP contribution in [-0.2, 0) is 6.42 Å². The minimum absolute atomic E-state index is 0.0414. The van der Waals surface area contributed by atoms with E-state index in [2.05, 4.69) is 33.0 Å². The van der Waals surface area contributed by atoms with Crippen LogP contribution in [0.15, 0.2) is 47.2 Å². The molecule has 0 fully saturated rings. The van der Waals surface area contributed by atoms with Gasteiger partial charge in [0.15, 0.2) is 0 Å². The van der Waals surface area contributed by atoms with Crippen LogP contribution in [0.25, 0.3) is 0 Å². The summed E-state index contributed by atoms with van der Waals surface area (Å²) in [5.41, 5.74) is 8.72. The number of fused-ring (bicyclic) bond motifs is 1. The molecule has 3 nitrogen and oxygen atoms in total. The molecule has 0 aliphatic carbocycles. The van der Waals surface area contributed by atoms with E-state index in [9.17, 15) is 0 Å². The molecule has 0 radical (unpaired) electrons. The Morgan fingerprint density at radius 3 is 3.05 bits per heavy atom. The van der Waals surface area contributed by atoms with Gasteiger partial charge in [-0.1, -0.05) is 18.2 Å². The van der Waals surface area contributed by atoms with E-state index in [1.165, 1.54) is 5.56 Å². The molecule has 1 aliphatic heterocycles. The summed E-state index contributed by atoms with van der Waals surface area (Å²) in [5, 5.41) is 0. The number of hydrogen-bond donors (Lipinski definition) is 1. The molecule has 1 aromatic heterocycles. The van der Waals surface area contributed by atoms with Crippen molar-refractivity contribution in [3.63, 3.8) is 0 Å². The number of aromatic nitrogens is 1. The molecule has 2 N–H and O–H groups in total. The Balaban J connectivity index is 1.77. The number of hydrogen-bond acceptors (Lipinski definition) is 3. The van der Waals surface area contributed by atoms with E-state index in [1.807, 2.05) is 24.4 Å². The summed E-state index contributed by atoms with van der Waals surface area (Å²) >= 11 is 3.43. The van der Waals surface area contributed by atoms with Crippen molar-refractivity contribution in [2.45, 2.75) is 18.4 Å². The second-order valence-corrected chi connectivity index (χ2v) is 5.75. The van der Waals surface area contributed by atoms with Crippen molar-refractivity contribution < 1.29 is 4.74 Å². The maximum absolute atomic E-state index is 6.35. The molecule has 0 bridgehead atoms. The molecule has 2 atom stereocenters. The van der Waals surface area contributed by atoms with Gasteiger partial charge in [-0.2, -0.15) is 0 Å². The van der Waals surface area contributed by atoms with Gasteiger partial charge in [-0.15, -0.1) is 0 Å². The molecule has 2 unspecified atom stereocenters. The van der Waals surface area contributed by atoms with Gasteiger partial charge < -0.3 is 10.5 Å². The topological polar surface area (TPSA) is 48.1 Å². The van der Waals surface area contributed by atoms with Crippen molar-refractivity contribution in [3.05, 3.63) is 58.3 Å². The van der Waals surface area contributed by atoms with Crippen LogP contribution in [-0.4, -0.2) is 17.6 Å². The SMILES string of the molecule is NC(Cc1cncc(Br)c1)C1COc2ccccc21. The summed E-state index contributed by atoms with van der Waals surface area (Å²) in [6.45, 7) is 0.669. The summed E-state index contributed by atoms with van der Waals surface area (Å²) in [5.74, 6) is 1.23. The highest BCUT2D eigenvalue weighted by Gasteiger charge is 2.29. The van der Waals surface area contributed by atoms with Gasteiger partial charge in [-0.3, -0.25) is 4.98 Å². The molecule has 0 saturated carbocycles. The third kappa shape index (κ3) is 2.65. The Bertz CT molecular complexity index is 588. The van der Waals surface area contributed by atoms with Crippen LogP contribution in [0.2, 0.25) is 0 Å². The number of ether oxygens (including phenoxy) is 1. The van der Waals surface area contributed by atoms with Gasteiger partial charge in [-0.25, -0.2) is 0 Å². The molecule has 2 aromatic rings. The lowest BCUT2D eigenvalue weighted by atomic mass is 9.90. The average Bonchev–Trinajstić information content (AvgIpc) is 2.82. The lowest BCUT2D eigenvalue weighted by molar-refractivity contribution is 0.313. The van der Waals surface area contributed by atoms with Gasteiger partial charge in [0, 0.05) is 34.4 Å². The van der Waals surface area contributed by atoms with E-state index in [4.69, 9.17) is 10.5 Å². The number of para-hydroxylation sites is 1. The zero-order valence-electron chi connectivity index (χ0n) is 10.4. The summed E-state index contributed by atoms with van der Waals surface area (Å²) in [4.78, 5) is 4.17. The van der Waals surface area contributed by atoms with Crippen LogP contribution in [0, 0.1) is 0 Å². The van der Waals surface area contributed by atoms with Crippen molar-refractivity contribution in [1.29, 1.82) is 0 Å². The summed E-state index contributed by atoms with van der Waals surface area (Å²) in [6, 6.07) is 10.2. The average molecular weight is 319 g/mol. The van der Waals surface area contributed by atoms with Crippen molar-refractivity contribution >= 4 is 15.9 Å². The fourth-order valence-corrected chi connectivity index (χ4v) is 2.94. The fraction of sp³-hybridized carbons (Fsp3) is 0.267. The van der Waals surface area contributed by atoms with E-state index < -0.39 is 0 Å². The van der Waals surface area contributed by atoms with E-state index in [-0.39, 0.29) is 12.0 Å². The monoisotopic (exact) mass is 318 g/mol.